The molecule has 1 fully saturated rings. The highest BCUT2D eigenvalue weighted by molar-refractivity contribution is 5.96. The van der Waals surface area contributed by atoms with E-state index in [4.69, 9.17) is 0 Å². The zero-order valence-electron chi connectivity index (χ0n) is 18.3. The number of nitrogens with zero attached hydrogens (tertiary/aromatic N) is 3. The normalized spacial score (nSPS) is 15.3. The molecular formula is C23H28N4O5. The molecule has 0 radical (unpaired) electrons. The van der Waals surface area contributed by atoms with Gasteiger partial charge in [0.1, 0.15) is 0 Å². The van der Waals surface area contributed by atoms with E-state index in [0.29, 0.717) is 37.1 Å². The molecule has 1 aliphatic rings. The van der Waals surface area contributed by atoms with Gasteiger partial charge in [-0.15, -0.1) is 0 Å². The van der Waals surface area contributed by atoms with E-state index in [2.05, 4.69) is 11.9 Å². The lowest BCUT2D eigenvalue weighted by Gasteiger charge is -2.34. The molecule has 1 unspecified atom stereocenters. The molecule has 9 nitrogen and oxygen atoms in total. The molecule has 2 N–H and O–H groups in total. The Morgan fingerprint density at radius 1 is 1.22 bits per heavy atom. The van der Waals surface area contributed by atoms with Crippen molar-refractivity contribution < 1.29 is 14.7 Å². The maximum absolute atomic E-state index is 13.1. The van der Waals surface area contributed by atoms with E-state index in [9.17, 15) is 24.3 Å². The molecule has 170 valence electrons. The fourth-order valence-corrected chi connectivity index (χ4v) is 4.02. The Morgan fingerprint density at radius 2 is 1.88 bits per heavy atom. The van der Waals surface area contributed by atoms with E-state index in [1.54, 1.807) is 23.1 Å². The molecule has 32 heavy (non-hydrogen) atoms. The van der Waals surface area contributed by atoms with Gasteiger partial charge in [-0.3, -0.25) is 19.0 Å². The van der Waals surface area contributed by atoms with Crippen molar-refractivity contribution in [3.63, 3.8) is 0 Å². The minimum atomic E-state index is -1.01. The van der Waals surface area contributed by atoms with Crippen LogP contribution in [0.25, 0.3) is 0 Å². The zero-order chi connectivity index (χ0) is 23.4. The van der Waals surface area contributed by atoms with Crippen LogP contribution in [0.15, 0.2) is 52.7 Å². The minimum Gasteiger partial charge on any atom is -0.388 e. The molecule has 9 heteroatoms. The van der Waals surface area contributed by atoms with Crippen LogP contribution in [-0.4, -0.2) is 44.0 Å². The van der Waals surface area contributed by atoms with Gasteiger partial charge in [-0.05, 0) is 36.5 Å². The summed E-state index contributed by atoms with van der Waals surface area (Å²) in [4.78, 5) is 50.6. The predicted octanol–water partition coefficient (Wildman–Crippen LogP) is 0.472. The Morgan fingerprint density at radius 3 is 2.53 bits per heavy atom. The smallest absolute Gasteiger partial charge is 0.330 e. The summed E-state index contributed by atoms with van der Waals surface area (Å²) in [7, 11) is 2.92. The second kappa shape index (κ2) is 9.78. The summed E-state index contributed by atoms with van der Waals surface area (Å²) in [6.07, 6.45) is 2.60. The lowest BCUT2D eigenvalue weighted by Crippen LogP contribution is -2.43. The zero-order valence-corrected chi connectivity index (χ0v) is 18.3. The molecule has 1 aliphatic heterocycles. The van der Waals surface area contributed by atoms with Crippen LogP contribution in [0.1, 0.15) is 40.4 Å². The van der Waals surface area contributed by atoms with Gasteiger partial charge in [0.2, 0.25) is 5.91 Å². The number of likely N-dealkylation sites (tertiary alicyclic amines) is 1. The van der Waals surface area contributed by atoms with Gasteiger partial charge in [-0.1, -0.05) is 24.8 Å². The molecule has 1 saturated heterocycles. The Hall–Kier alpha value is -3.46. The summed E-state index contributed by atoms with van der Waals surface area (Å²) in [6, 6.07) is 7.11. The number of aryl methyl sites for hydroxylation is 1. The highest BCUT2D eigenvalue weighted by Crippen LogP contribution is 2.30. The molecule has 2 heterocycles. The monoisotopic (exact) mass is 440 g/mol. The van der Waals surface area contributed by atoms with Gasteiger partial charge < -0.3 is 19.9 Å². The Balaban J connectivity index is 1.70. The van der Waals surface area contributed by atoms with E-state index in [1.807, 2.05) is 6.07 Å². The fraction of sp³-hybridized carbons (Fsp3) is 0.391. The summed E-state index contributed by atoms with van der Waals surface area (Å²) >= 11 is 0. The number of hydrogen-bond acceptors (Lipinski definition) is 5. The first-order valence-electron chi connectivity index (χ1n) is 10.5. The van der Waals surface area contributed by atoms with Gasteiger partial charge in [0.05, 0.1) is 11.7 Å². The predicted molar refractivity (Wildman–Crippen MR) is 119 cm³/mol. The first-order valence-corrected chi connectivity index (χ1v) is 10.5. The van der Waals surface area contributed by atoms with Gasteiger partial charge >= 0.3 is 5.69 Å². The second-order valence-corrected chi connectivity index (χ2v) is 8.00. The lowest BCUT2D eigenvalue weighted by molar-refractivity contribution is -0.116. The molecule has 0 bridgehead atoms. The quantitative estimate of drug-likeness (QED) is 0.634. The molecule has 2 aromatic rings. The Kier molecular flexibility index (Phi) is 7.09. The first kappa shape index (κ1) is 23.2. The number of hydrogen-bond donors (Lipinski definition) is 2. The second-order valence-electron chi connectivity index (χ2n) is 8.00. The SMILES string of the molecule is C=CC(=O)NCc1ccccc1C(=O)N1CCC(C(O)c2cn(C)c(=O)n(C)c2=O)CC1. The van der Waals surface area contributed by atoms with Gasteiger partial charge in [-0.25, -0.2) is 4.79 Å². The molecule has 2 amide bonds. The van der Waals surface area contributed by atoms with Gasteiger partial charge in [-0.2, -0.15) is 0 Å². The maximum Gasteiger partial charge on any atom is 0.330 e. The van der Waals surface area contributed by atoms with E-state index in [-0.39, 0.29) is 29.8 Å². The number of piperidine rings is 1. The van der Waals surface area contributed by atoms with Crippen molar-refractivity contribution in [2.45, 2.75) is 25.5 Å². The van der Waals surface area contributed by atoms with E-state index < -0.39 is 17.4 Å². The third-order valence-corrected chi connectivity index (χ3v) is 5.95. The average molecular weight is 441 g/mol. The van der Waals surface area contributed by atoms with Crippen molar-refractivity contribution in [1.82, 2.24) is 19.4 Å². The number of nitrogens with one attached hydrogen (secondary N) is 1. The molecule has 0 saturated carbocycles. The van der Waals surface area contributed by atoms with Crippen LogP contribution >= 0.6 is 0 Å². The standard InChI is InChI=1S/C23H28N4O5/c1-4-19(28)24-13-16-7-5-6-8-17(16)22(31)27-11-9-15(10-12-27)20(29)18-14-25(2)23(32)26(3)21(18)30/h4-8,14-15,20,29H,1,9-13H2,2-3H3,(H,24,28). The third kappa shape index (κ3) is 4.72. The number of amides is 2. The summed E-state index contributed by atoms with van der Waals surface area (Å²) < 4.78 is 2.26. The summed E-state index contributed by atoms with van der Waals surface area (Å²) in [5.74, 6) is -0.655. The molecule has 1 atom stereocenters. The van der Waals surface area contributed by atoms with Gasteiger partial charge in [0.15, 0.2) is 0 Å². The van der Waals surface area contributed by atoms with E-state index in [1.165, 1.54) is 30.9 Å². The number of aromatic nitrogens is 2. The Bertz CT molecular complexity index is 1140. The van der Waals surface area contributed by atoms with Crippen LogP contribution in [0.3, 0.4) is 0 Å². The number of aliphatic hydroxyl groups excluding tert-OH is 1. The van der Waals surface area contributed by atoms with Crippen LogP contribution < -0.4 is 16.6 Å². The number of rotatable bonds is 6. The van der Waals surface area contributed by atoms with Crippen molar-refractivity contribution in [1.29, 1.82) is 0 Å². The van der Waals surface area contributed by atoms with Crippen LogP contribution in [0.5, 0.6) is 0 Å². The summed E-state index contributed by atoms with van der Waals surface area (Å²) in [5, 5.41) is 13.5. The minimum absolute atomic E-state index is 0.139. The average Bonchev–Trinajstić information content (AvgIpc) is 2.82. The topological polar surface area (TPSA) is 114 Å². The lowest BCUT2D eigenvalue weighted by atomic mass is 9.88. The number of aliphatic hydroxyl groups is 1. The highest BCUT2D eigenvalue weighted by Gasteiger charge is 2.31. The third-order valence-electron chi connectivity index (χ3n) is 5.95. The number of carbonyl (C=O) groups excluding carboxylic acids is 2. The van der Waals surface area contributed by atoms with Crippen molar-refractivity contribution in [2.24, 2.45) is 20.0 Å². The van der Waals surface area contributed by atoms with Crippen molar-refractivity contribution in [3.8, 4) is 0 Å². The largest absolute Gasteiger partial charge is 0.388 e. The van der Waals surface area contributed by atoms with Crippen LogP contribution in [-0.2, 0) is 25.4 Å². The van der Waals surface area contributed by atoms with Gasteiger partial charge in [0.25, 0.3) is 11.5 Å². The van der Waals surface area contributed by atoms with Crippen molar-refractivity contribution >= 4 is 11.8 Å². The highest BCUT2D eigenvalue weighted by atomic mass is 16.3. The van der Waals surface area contributed by atoms with E-state index in [0.717, 1.165) is 4.57 Å². The van der Waals surface area contributed by atoms with E-state index >= 15 is 0 Å². The summed E-state index contributed by atoms with van der Waals surface area (Å²) in [6.45, 7) is 4.50. The molecule has 0 spiro atoms. The van der Waals surface area contributed by atoms with Crippen LogP contribution in [0.4, 0.5) is 0 Å². The molecule has 0 aliphatic carbocycles. The molecular weight excluding hydrogens is 412 g/mol. The Labute approximate surface area is 185 Å². The molecule has 3 rings (SSSR count). The molecule has 1 aromatic carbocycles. The summed E-state index contributed by atoms with van der Waals surface area (Å²) in [5.41, 5.74) is 0.456. The van der Waals surface area contributed by atoms with Crippen molar-refractivity contribution in [3.05, 3.63) is 80.6 Å². The van der Waals surface area contributed by atoms with Gasteiger partial charge in [0, 0.05) is 45.5 Å². The number of carbonyl (C=O) groups is 2. The first-order chi connectivity index (χ1) is 15.2. The molecule has 1 aromatic heterocycles. The van der Waals surface area contributed by atoms with Crippen LogP contribution in [0.2, 0.25) is 0 Å². The van der Waals surface area contributed by atoms with Crippen LogP contribution in [0, 0.1) is 5.92 Å². The maximum atomic E-state index is 13.1. The number of benzene rings is 1. The van der Waals surface area contributed by atoms with Crippen molar-refractivity contribution in [2.75, 3.05) is 13.1 Å². The fourth-order valence-electron chi connectivity index (χ4n) is 4.02.